The van der Waals surface area contributed by atoms with Crippen molar-refractivity contribution in [3.8, 4) is 0 Å². The Balaban J connectivity index is 1.61. The molecular weight excluding hydrogens is 745 g/mol. The fraction of sp³-hybridized carbons (Fsp3) is 0.439. The molecule has 0 saturated carbocycles. The van der Waals surface area contributed by atoms with E-state index in [9.17, 15) is 35.5 Å². The van der Waals surface area contributed by atoms with Crippen LogP contribution >= 0.6 is 0 Å². The standard InChI is InChI=1S/C41H52N2O10S2/c1-5-42-34-24-22-30(54(48,49)50)28-32(34)40(3,26-16-10-14-20-38(44)45)36(42)18-12-8-7-9-13-19-37-41(4,27-17-11-15-21-39(46)47)33-29-31(55(51,52)53)23-25-35(33)43(37)6-2/h7-9,12-13,18-19,22-25,28-29H,5-6,10-11,14-17,20-21,26-27H2,1-4H3,(H3-,44,45,46,47,48,49,50,51,52,53). The Labute approximate surface area is 324 Å². The van der Waals surface area contributed by atoms with E-state index in [-0.39, 0.29) is 22.6 Å². The molecule has 2 atom stereocenters. The van der Waals surface area contributed by atoms with Crippen LogP contribution in [0.1, 0.15) is 103 Å². The van der Waals surface area contributed by atoms with Gasteiger partial charge in [0, 0.05) is 53.9 Å². The van der Waals surface area contributed by atoms with Crippen molar-refractivity contribution in [2.75, 3.05) is 18.0 Å². The van der Waals surface area contributed by atoms with Gasteiger partial charge in [-0.2, -0.15) is 13.0 Å². The van der Waals surface area contributed by atoms with Gasteiger partial charge in [0.05, 0.1) is 15.2 Å². The van der Waals surface area contributed by atoms with Crippen LogP contribution in [0.25, 0.3) is 0 Å². The van der Waals surface area contributed by atoms with E-state index in [1.807, 2.05) is 70.2 Å². The first-order chi connectivity index (χ1) is 25.9. The van der Waals surface area contributed by atoms with Gasteiger partial charge in [-0.25, -0.2) is 8.42 Å². The number of hydrogen-bond acceptors (Lipinski definition) is 8. The Morgan fingerprint density at radius 3 is 1.89 bits per heavy atom. The summed E-state index contributed by atoms with van der Waals surface area (Å²) in [6, 6.07) is 9.12. The maximum Gasteiger partial charge on any atom is 0.303 e. The van der Waals surface area contributed by atoms with Crippen molar-refractivity contribution < 1.29 is 50.3 Å². The Morgan fingerprint density at radius 1 is 0.764 bits per heavy atom. The second-order valence-corrected chi connectivity index (χ2v) is 17.2. The van der Waals surface area contributed by atoms with Crippen LogP contribution in [0.2, 0.25) is 0 Å². The molecule has 2 heterocycles. The normalized spacial score (nSPS) is 20.8. The molecule has 14 heteroatoms. The van der Waals surface area contributed by atoms with E-state index in [2.05, 4.69) is 9.48 Å². The van der Waals surface area contributed by atoms with E-state index in [4.69, 9.17) is 10.2 Å². The topological polar surface area (TPSA) is 192 Å². The zero-order valence-electron chi connectivity index (χ0n) is 31.9. The molecule has 2 aliphatic heterocycles. The number of anilines is 1. The largest absolute Gasteiger partial charge is 0.744 e. The molecule has 0 radical (unpaired) electrons. The molecule has 298 valence electrons. The summed E-state index contributed by atoms with van der Waals surface area (Å²) >= 11 is 0. The van der Waals surface area contributed by atoms with Crippen molar-refractivity contribution in [2.24, 2.45) is 0 Å². The monoisotopic (exact) mass is 796 g/mol. The van der Waals surface area contributed by atoms with Gasteiger partial charge in [-0.05, 0) is 95.3 Å². The molecule has 3 N–H and O–H groups in total. The van der Waals surface area contributed by atoms with Gasteiger partial charge in [0.15, 0.2) is 5.71 Å². The molecule has 4 rings (SSSR count). The molecule has 0 aliphatic carbocycles. The number of unbranched alkanes of at least 4 members (excludes halogenated alkanes) is 4. The number of carboxylic acid groups (broad SMARTS) is 2. The van der Waals surface area contributed by atoms with Gasteiger partial charge in [0.25, 0.3) is 10.1 Å². The van der Waals surface area contributed by atoms with E-state index in [0.717, 1.165) is 40.3 Å². The molecule has 0 saturated heterocycles. The molecule has 2 unspecified atom stereocenters. The SMILES string of the molecule is CCN1C(=CC=CC=CC=CC2=[N+](CC)c3ccc(S(=O)(=O)[O-])cc3C2(C)CCCCCC(=O)O)C(C)(CCCCCC(=O)O)c2cc(S(=O)(=O)O)ccc21. The predicted molar refractivity (Wildman–Crippen MR) is 211 cm³/mol. The van der Waals surface area contributed by atoms with Crippen LogP contribution in [0, 0.1) is 0 Å². The zero-order valence-corrected chi connectivity index (χ0v) is 33.5. The number of likely N-dealkylation sites (N-methyl/N-ethyl adjacent to an activating group) is 1. The third-order valence-electron chi connectivity index (χ3n) is 10.7. The van der Waals surface area contributed by atoms with Gasteiger partial charge >= 0.3 is 11.9 Å². The Kier molecular flexibility index (Phi) is 14.2. The van der Waals surface area contributed by atoms with Crippen molar-refractivity contribution in [3.63, 3.8) is 0 Å². The summed E-state index contributed by atoms with van der Waals surface area (Å²) in [5.41, 5.74) is 3.84. The first-order valence-electron chi connectivity index (χ1n) is 18.7. The number of nitrogens with zero attached hydrogens (tertiary/aromatic N) is 2. The third-order valence-corrected chi connectivity index (χ3v) is 12.4. The van der Waals surface area contributed by atoms with Gasteiger partial charge in [-0.1, -0.05) is 56.1 Å². The molecule has 0 fully saturated rings. The summed E-state index contributed by atoms with van der Waals surface area (Å²) in [6.45, 7) is 9.28. The maximum absolute atomic E-state index is 12.1. The second kappa shape index (κ2) is 18.1. The Morgan fingerprint density at radius 2 is 1.33 bits per heavy atom. The van der Waals surface area contributed by atoms with Crippen molar-refractivity contribution >= 4 is 49.3 Å². The first-order valence-corrected chi connectivity index (χ1v) is 21.5. The molecular formula is C41H52N2O10S2. The fourth-order valence-electron chi connectivity index (χ4n) is 7.94. The number of rotatable bonds is 20. The van der Waals surface area contributed by atoms with E-state index in [1.54, 1.807) is 12.1 Å². The number of carbonyl (C=O) groups is 2. The summed E-state index contributed by atoms with van der Waals surface area (Å²) in [7, 11) is -9.11. The highest BCUT2D eigenvalue weighted by Crippen LogP contribution is 2.51. The molecule has 12 nitrogen and oxygen atoms in total. The zero-order chi connectivity index (χ0) is 40.6. The van der Waals surface area contributed by atoms with Crippen LogP contribution in [0.15, 0.2) is 94.4 Å². The van der Waals surface area contributed by atoms with Crippen LogP contribution in [0.4, 0.5) is 11.4 Å². The lowest BCUT2D eigenvalue weighted by Gasteiger charge is -2.30. The van der Waals surface area contributed by atoms with Crippen molar-refractivity contribution in [1.29, 1.82) is 0 Å². The third kappa shape index (κ3) is 10.1. The lowest BCUT2D eigenvalue weighted by molar-refractivity contribution is -0.433. The Hall–Kier alpha value is -4.37. The summed E-state index contributed by atoms with van der Waals surface area (Å²) in [4.78, 5) is 23.7. The van der Waals surface area contributed by atoms with Crippen LogP contribution < -0.4 is 4.90 Å². The lowest BCUT2D eigenvalue weighted by atomic mass is 9.75. The highest BCUT2D eigenvalue weighted by atomic mass is 32.2. The number of fused-ring (bicyclic) bond motifs is 2. The average Bonchev–Trinajstić information content (AvgIpc) is 3.49. The smallest absolute Gasteiger partial charge is 0.303 e. The van der Waals surface area contributed by atoms with E-state index in [0.29, 0.717) is 58.0 Å². The van der Waals surface area contributed by atoms with Gasteiger partial charge in [0.1, 0.15) is 16.7 Å². The van der Waals surface area contributed by atoms with Crippen molar-refractivity contribution in [2.45, 2.75) is 113 Å². The molecule has 2 aromatic carbocycles. The minimum Gasteiger partial charge on any atom is -0.744 e. The minimum atomic E-state index is -4.68. The number of carboxylic acids is 2. The first kappa shape index (κ1) is 43.4. The molecule has 0 amide bonds. The van der Waals surface area contributed by atoms with E-state index >= 15 is 0 Å². The van der Waals surface area contributed by atoms with E-state index < -0.39 is 43.0 Å². The van der Waals surface area contributed by atoms with Gasteiger partial charge in [-0.15, -0.1) is 0 Å². The number of hydrogen-bond donors (Lipinski definition) is 3. The van der Waals surface area contributed by atoms with E-state index in [1.165, 1.54) is 24.3 Å². The highest BCUT2D eigenvalue weighted by Gasteiger charge is 2.47. The number of benzene rings is 2. The quantitative estimate of drug-likeness (QED) is 0.0516. The van der Waals surface area contributed by atoms with Crippen molar-refractivity contribution in [3.05, 3.63) is 95.8 Å². The van der Waals surface area contributed by atoms with Gasteiger partial charge in [-0.3, -0.25) is 14.1 Å². The van der Waals surface area contributed by atoms with Crippen molar-refractivity contribution in [1.82, 2.24) is 0 Å². The lowest BCUT2D eigenvalue weighted by Crippen LogP contribution is -2.31. The maximum atomic E-state index is 12.1. The number of aliphatic carboxylic acids is 2. The minimum absolute atomic E-state index is 0.0741. The molecule has 0 aromatic heterocycles. The number of allylic oxidation sites excluding steroid dienone is 8. The molecule has 2 aromatic rings. The van der Waals surface area contributed by atoms with Crippen LogP contribution in [-0.4, -0.2) is 71.5 Å². The van der Waals surface area contributed by atoms with Crippen LogP contribution in [-0.2, 0) is 40.7 Å². The average molecular weight is 797 g/mol. The Bertz CT molecular complexity index is 2150. The molecule has 55 heavy (non-hydrogen) atoms. The summed E-state index contributed by atoms with van der Waals surface area (Å²) < 4.78 is 72.0. The summed E-state index contributed by atoms with van der Waals surface area (Å²) in [5.74, 6) is -1.70. The summed E-state index contributed by atoms with van der Waals surface area (Å²) in [5, 5.41) is 18.1. The second-order valence-electron chi connectivity index (χ2n) is 14.4. The highest BCUT2D eigenvalue weighted by molar-refractivity contribution is 7.86. The predicted octanol–water partition coefficient (Wildman–Crippen LogP) is 7.63. The van der Waals surface area contributed by atoms with Crippen LogP contribution in [0.3, 0.4) is 0 Å². The van der Waals surface area contributed by atoms with Gasteiger partial charge in [0.2, 0.25) is 5.69 Å². The fourth-order valence-corrected chi connectivity index (χ4v) is 8.94. The molecule has 2 aliphatic rings. The van der Waals surface area contributed by atoms with Gasteiger partial charge < -0.3 is 19.7 Å². The molecule has 0 bridgehead atoms. The molecule has 0 spiro atoms. The van der Waals surface area contributed by atoms with Crippen LogP contribution in [0.5, 0.6) is 0 Å². The summed E-state index contributed by atoms with van der Waals surface area (Å²) in [6.07, 6.45) is 18.7.